The standard InChI is InChI=1S/C44H28N10O2/c55-43-51(39-23-9-15-31(47-39)29-13-5-7-27-45-29)35-19-1-3-21-37(35)53(43)41-25-11-17-33(49-41)34-18-12-26-42(50-34)54-38-22-4-2-20-36(38)52(44(54)56)40-24-10-16-32(48-40)30-14-6-8-28-46-30/h1-28H. The summed E-state index contributed by atoms with van der Waals surface area (Å²) >= 11 is 0. The monoisotopic (exact) mass is 728 g/mol. The molecular weight excluding hydrogens is 701 g/mol. The van der Waals surface area contributed by atoms with E-state index in [1.807, 2.05) is 133 Å². The van der Waals surface area contributed by atoms with Crippen LogP contribution in [0.1, 0.15) is 0 Å². The van der Waals surface area contributed by atoms with Crippen molar-refractivity contribution < 1.29 is 0 Å². The lowest BCUT2D eigenvalue weighted by atomic mass is 10.2. The number of benzene rings is 2. The van der Waals surface area contributed by atoms with Crippen molar-refractivity contribution >= 4 is 22.1 Å². The van der Waals surface area contributed by atoms with Crippen LogP contribution in [0.2, 0.25) is 0 Å². The molecule has 12 heteroatoms. The van der Waals surface area contributed by atoms with Crippen LogP contribution in [0.25, 0.3) is 79.5 Å². The van der Waals surface area contributed by atoms with E-state index in [2.05, 4.69) is 9.97 Å². The van der Waals surface area contributed by atoms with Gasteiger partial charge in [0.2, 0.25) is 0 Å². The molecule has 0 amide bonds. The summed E-state index contributed by atoms with van der Waals surface area (Å²) in [6.07, 6.45) is 3.42. The van der Waals surface area contributed by atoms with Crippen LogP contribution in [0.4, 0.5) is 0 Å². The van der Waals surface area contributed by atoms with E-state index in [9.17, 15) is 9.59 Å². The number of fused-ring (bicyclic) bond motifs is 2. The van der Waals surface area contributed by atoms with E-state index in [-0.39, 0.29) is 11.4 Å². The maximum atomic E-state index is 14.4. The van der Waals surface area contributed by atoms with Crippen LogP contribution in [0.15, 0.2) is 180 Å². The summed E-state index contributed by atoms with van der Waals surface area (Å²) in [4.78, 5) is 57.2. The molecule has 266 valence electrons. The Morgan fingerprint density at radius 1 is 0.286 bits per heavy atom. The molecule has 0 spiro atoms. The van der Waals surface area contributed by atoms with Gasteiger partial charge in [0.15, 0.2) is 0 Å². The predicted octanol–water partition coefficient (Wildman–Crippen LogP) is 7.25. The lowest BCUT2D eigenvalue weighted by molar-refractivity contribution is 0.881. The highest BCUT2D eigenvalue weighted by Crippen LogP contribution is 2.26. The summed E-state index contributed by atoms with van der Waals surface area (Å²) in [5.41, 5.74) is 5.74. The molecule has 0 aliphatic carbocycles. The Labute approximate surface area is 318 Å². The van der Waals surface area contributed by atoms with Crippen LogP contribution < -0.4 is 11.4 Å². The van der Waals surface area contributed by atoms with Gasteiger partial charge in [0.25, 0.3) is 0 Å². The van der Waals surface area contributed by atoms with E-state index in [0.29, 0.717) is 79.5 Å². The van der Waals surface area contributed by atoms with Gasteiger partial charge < -0.3 is 0 Å². The van der Waals surface area contributed by atoms with Gasteiger partial charge in [-0.3, -0.25) is 9.97 Å². The van der Waals surface area contributed by atoms with E-state index in [1.54, 1.807) is 54.9 Å². The first kappa shape index (κ1) is 32.5. The van der Waals surface area contributed by atoms with Gasteiger partial charge >= 0.3 is 11.4 Å². The molecule has 0 atom stereocenters. The second-order valence-corrected chi connectivity index (χ2v) is 12.8. The second-order valence-electron chi connectivity index (χ2n) is 12.8. The molecule has 0 aliphatic heterocycles. The second kappa shape index (κ2) is 13.4. The van der Waals surface area contributed by atoms with Crippen molar-refractivity contribution in [2.45, 2.75) is 0 Å². The van der Waals surface area contributed by atoms with Crippen LogP contribution in [-0.4, -0.2) is 48.2 Å². The first-order chi connectivity index (χ1) is 27.6. The van der Waals surface area contributed by atoms with Crippen LogP contribution >= 0.6 is 0 Å². The normalized spacial score (nSPS) is 11.4. The molecule has 0 saturated heterocycles. The van der Waals surface area contributed by atoms with Crippen molar-refractivity contribution in [1.82, 2.24) is 48.2 Å². The minimum atomic E-state index is -0.330. The fraction of sp³-hybridized carbons (Fsp3) is 0. The zero-order chi connectivity index (χ0) is 37.6. The van der Waals surface area contributed by atoms with E-state index < -0.39 is 0 Å². The zero-order valence-electron chi connectivity index (χ0n) is 29.5. The maximum absolute atomic E-state index is 14.4. The molecule has 12 nitrogen and oxygen atoms in total. The third kappa shape index (κ3) is 5.48. The van der Waals surface area contributed by atoms with E-state index >= 15 is 0 Å². The number of para-hydroxylation sites is 4. The largest absolute Gasteiger partial charge is 0.340 e. The topological polar surface area (TPSA) is 131 Å². The Balaban J connectivity index is 1.07. The number of aromatic nitrogens is 10. The van der Waals surface area contributed by atoms with Gasteiger partial charge in [-0.2, -0.15) is 0 Å². The molecule has 8 aromatic heterocycles. The van der Waals surface area contributed by atoms with Crippen LogP contribution in [0.5, 0.6) is 0 Å². The van der Waals surface area contributed by atoms with Crippen molar-refractivity contribution in [3.63, 3.8) is 0 Å². The highest BCUT2D eigenvalue weighted by atomic mass is 16.2. The quantitative estimate of drug-likeness (QED) is 0.168. The summed E-state index contributed by atoms with van der Waals surface area (Å²) in [5.74, 6) is 1.73. The molecule has 0 bridgehead atoms. The Bertz CT molecular complexity index is 2990. The first-order valence-corrected chi connectivity index (χ1v) is 17.8. The van der Waals surface area contributed by atoms with Crippen LogP contribution in [0, 0.1) is 0 Å². The number of rotatable bonds is 7. The Morgan fingerprint density at radius 2 is 0.554 bits per heavy atom. The SMILES string of the molecule is O=c1n(-c2cccc(-c3ccccn3)n2)c2ccccc2n1-c1cccc(-c2cccc(-n3c(=O)n(-c4cccc(-c5ccccn5)n4)c4ccccc43)n2)n1. The minimum Gasteiger partial charge on any atom is -0.255 e. The fourth-order valence-corrected chi connectivity index (χ4v) is 6.97. The van der Waals surface area contributed by atoms with Gasteiger partial charge in [-0.1, -0.05) is 60.7 Å². The highest BCUT2D eigenvalue weighted by Gasteiger charge is 2.21. The zero-order valence-corrected chi connectivity index (χ0v) is 29.5. The Kier molecular flexibility index (Phi) is 7.77. The molecule has 0 aliphatic rings. The molecule has 0 unspecified atom stereocenters. The summed E-state index contributed by atoms with van der Waals surface area (Å²) in [7, 11) is 0. The average Bonchev–Trinajstić information content (AvgIpc) is 3.74. The van der Waals surface area contributed by atoms with Crippen LogP contribution in [-0.2, 0) is 0 Å². The van der Waals surface area contributed by atoms with Crippen molar-refractivity contribution in [3.8, 4) is 57.4 Å². The molecule has 8 heterocycles. The number of nitrogens with zero attached hydrogens (tertiary/aromatic N) is 10. The maximum Gasteiger partial charge on any atom is 0.340 e. The van der Waals surface area contributed by atoms with Gasteiger partial charge in [0, 0.05) is 12.4 Å². The number of imidazole rings is 2. The smallest absolute Gasteiger partial charge is 0.255 e. The number of pyridine rings is 6. The molecule has 56 heavy (non-hydrogen) atoms. The molecular formula is C44H28N10O2. The molecule has 0 fully saturated rings. The molecule has 0 radical (unpaired) electrons. The average molecular weight is 729 g/mol. The van der Waals surface area contributed by atoms with Gasteiger partial charge in [-0.15, -0.1) is 0 Å². The van der Waals surface area contributed by atoms with Crippen molar-refractivity contribution in [2.75, 3.05) is 0 Å². The molecule has 2 aromatic carbocycles. The number of hydrogen-bond donors (Lipinski definition) is 0. The first-order valence-electron chi connectivity index (χ1n) is 17.8. The van der Waals surface area contributed by atoms with Gasteiger partial charge in [-0.05, 0) is 97.1 Å². The minimum absolute atomic E-state index is 0.330. The van der Waals surface area contributed by atoms with Crippen LogP contribution in [0.3, 0.4) is 0 Å². The van der Waals surface area contributed by atoms with Crippen molar-refractivity contribution in [1.29, 1.82) is 0 Å². The lowest BCUT2D eigenvalue weighted by Crippen LogP contribution is -2.24. The Hall–Kier alpha value is -8.12. The number of hydrogen-bond acceptors (Lipinski definition) is 8. The lowest BCUT2D eigenvalue weighted by Gasteiger charge is -2.08. The van der Waals surface area contributed by atoms with Gasteiger partial charge in [0.05, 0.1) is 56.2 Å². The summed E-state index contributed by atoms with van der Waals surface area (Å²) in [5, 5.41) is 0. The third-order valence-corrected chi connectivity index (χ3v) is 9.46. The molecule has 10 rings (SSSR count). The Morgan fingerprint density at radius 3 is 0.839 bits per heavy atom. The summed E-state index contributed by atoms with van der Waals surface area (Å²) in [6, 6.07) is 48.3. The summed E-state index contributed by atoms with van der Waals surface area (Å²) < 4.78 is 6.31. The van der Waals surface area contributed by atoms with E-state index in [0.717, 1.165) is 0 Å². The van der Waals surface area contributed by atoms with Gasteiger partial charge in [-0.25, -0.2) is 47.8 Å². The van der Waals surface area contributed by atoms with Crippen molar-refractivity contribution in [2.24, 2.45) is 0 Å². The van der Waals surface area contributed by atoms with Crippen molar-refractivity contribution in [3.05, 3.63) is 191 Å². The summed E-state index contributed by atoms with van der Waals surface area (Å²) in [6.45, 7) is 0. The van der Waals surface area contributed by atoms with Gasteiger partial charge in [0.1, 0.15) is 23.3 Å². The third-order valence-electron chi connectivity index (χ3n) is 9.46. The molecule has 0 saturated carbocycles. The fourth-order valence-electron chi connectivity index (χ4n) is 6.97. The highest BCUT2D eigenvalue weighted by molar-refractivity contribution is 5.81. The molecule has 10 aromatic rings. The molecule has 0 N–H and O–H groups in total. The van der Waals surface area contributed by atoms with E-state index in [4.69, 9.17) is 19.9 Å². The predicted molar refractivity (Wildman–Crippen MR) is 214 cm³/mol. The van der Waals surface area contributed by atoms with E-state index in [1.165, 1.54) is 0 Å².